The molecule has 45 heavy (non-hydrogen) atoms. The van der Waals surface area contributed by atoms with E-state index in [0.29, 0.717) is 0 Å². The molecule has 0 spiro atoms. The lowest BCUT2D eigenvalue weighted by molar-refractivity contribution is -0.0166. The second-order valence-electron chi connectivity index (χ2n) is 13.7. The van der Waals surface area contributed by atoms with Gasteiger partial charge in [0.15, 0.2) is 0 Å². The molecule has 2 aromatic rings. The lowest BCUT2D eigenvalue weighted by atomic mass is 9.93. The first kappa shape index (κ1) is 34.7. The second kappa shape index (κ2) is 17.0. The topological polar surface area (TPSA) is 92.4 Å². The van der Waals surface area contributed by atoms with E-state index in [0.717, 1.165) is 114 Å². The van der Waals surface area contributed by atoms with E-state index in [1.54, 1.807) is 0 Å². The summed E-state index contributed by atoms with van der Waals surface area (Å²) in [5, 5.41) is 5.97. The van der Waals surface area contributed by atoms with Crippen molar-refractivity contribution in [1.29, 1.82) is 0 Å². The van der Waals surface area contributed by atoms with Gasteiger partial charge in [0.25, 0.3) is 0 Å². The Labute approximate surface area is 270 Å². The molecule has 2 fully saturated rings. The number of rotatable bonds is 14. The highest BCUT2D eigenvalue weighted by Gasteiger charge is 2.33. The van der Waals surface area contributed by atoms with Gasteiger partial charge in [0.05, 0.1) is 5.69 Å². The smallest absolute Gasteiger partial charge is 0.412 e. The third-order valence-electron chi connectivity index (χ3n) is 8.52. The minimum Gasteiger partial charge on any atom is -0.444 e. The third kappa shape index (κ3) is 12.3. The van der Waals surface area contributed by atoms with Gasteiger partial charge in [0.2, 0.25) is 0 Å². The highest BCUT2D eigenvalue weighted by molar-refractivity contribution is 5.91. The molecule has 9 heteroatoms. The normalized spacial score (nSPS) is 18.8. The van der Waals surface area contributed by atoms with Crippen LogP contribution in [0.4, 0.5) is 15.3 Å². The first-order valence-corrected chi connectivity index (χ1v) is 16.7. The summed E-state index contributed by atoms with van der Waals surface area (Å²) in [4.78, 5) is 29.7. The van der Waals surface area contributed by atoms with Gasteiger partial charge in [0, 0.05) is 51.0 Å². The fourth-order valence-corrected chi connectivity index (χ4v) is 5.98. The molecule has 0 radical (unpaired) electrons. The molecule has 1 atom stereocenters. The van der Waals surface area contributed by atoms with Gasteiger partial charge in [0.1, 0.15) is 11.2 Å². The van der Waals surface area contributed by atoms with Crippen molar-refractivity contribution in [1.82, 2.24) is 15.1 Å². The Bertz CT molecular complexity index is 1190. The SMILES string of the molecule is CC(C)(C)OC(=O)N[C@@H]1CCN(CCCCOCCCCN2CCC(C)(OC(=O)Nc3ccccc3-c3ccccc3)CC2)C1. The molecule has 9 nitrogen and oxygen atoms in total. The monoisotopic (exact) mass is 622 g/mol. The van der Waals surface area contributed by atoms with Crippen molar-refractivity contribution in [2.24, 2.45) is 0 Å². The van der Waals surface area contributed by atoms with Crippen molar-refractivity contribution in [3.8, 4) is 11.1 Å². The number of carbonyl (C=O) groups excluding carboxylic acids is 2. The van der Waals surface area contributed by atoms with Crippen molar-refractivity contribution in [2.75, 3.05) is 57.8 Å². The molecule has 2 saturated heterocycles. The fourth-order valence-electron chi connectivity index (χ4n) is 5.98. The number of alkyl carbamates (subject to hydrolysis) is 1. The second-order valence-corrected chi connectivity index (χ2v) is 13.7. The molecule has 2 N–H and O–H groups in total. The highest BCUT2D eigenvalue weighted by Crippen LogP contribution is 2.30. The molecule has 2 aliphatic heterocycles. The Balaban J connectivity index is 1.01. The summed E-state index contributed by atoms with van der Waals surface area (Å²) < 4.78 is 17.2. The molecule has 2 amide bonds. The summed E-state index contributed by atoms with van der Waals surface area (Å²) in [7, 11) is 0. The largest absolute Gasteiger partial charge is 0.444 e. The number of anilines is 1. The summed E-state index contributed by atoms with van der Waals surface area (Å²) in [6, 6.07) is 18.0. The maximum atomic E-state index is 12.9. The zero-order chi connectivity index (χ0) is 32.1. The predicted octanol–water partition coefficient (Wildman–Crippen LogP) is 6.93. The Kier molecular flexibility index (Phi) is 13.1. The zero-order valence-corrected chi connectivity index (χ0v) is 27.8. The number of ether oxygens (including phenoxy) is 3. The summed E-state index contributed by atoms with van der Waals surface area (Å²) in [5.41, 5.74) is 1.86. The van der Waals surface area contributed by atoms with Crippen molar-refractivity contribution in [3.63, 3.8) is 0 Å². The molecular weight excluding hydrogens is 568 g/mol. The Morgan fingerprint density at radius 1 is 0.844 bits per heavy atom. The van der Waals surface area contributed by atoms with E-state index in [9.17, 15) is 9.59 Å². The van der Waals surface area contributed by atoms with Crippen LogP contribution in [-0.2, 0) is 14.2 Å². The molecule has 2 aliphatic rings. The zero-order valence-electron chi connectivity index (χ0n) is 27.8. The lowest BCUT2D eigenvalue weighted by Gasteiger charge is -2.38. The molecular formula is C36H54N4O5. The van der Waals surface area contributed by atoms with Gasteiger partial charge in [-0.3, -0.25) is 5.32 Å². The van der Waals surface area contributed by atoms with Crippen LogP contribution in [0.2, 0.25) is 0 Å². The molecule has 0 aliphatic carbocycles. The maximum absolute atomic E-state index is 12.9. The van der Waals surface area contributed by atoms with Gasteiger partial charge >= 0.3 is 12.2 Å². The van der Waals surface area contributed by atoms with Crippen molar-refractivity contribution < 1.29 is 23.8 Å². The average molecular weight is 623 g/mol. The summed E-state index contributed by atoms with van der Waals surface area (Å²) in [6.45, 7) is 15.1. The van der Waals surface area contributed by atoms with Crippen LogP contribution in [0, 0.1) is 0 Å². The standard InChI is InChI=1S/C36H54N4O5/c1-35(2,3)44-33(41)37-30-18-23-40(28-30)22-11-13-27-43-26-12-10-21-39-24-19-36(4,20-25-39)45-34(42)38-32-17-9-8-16-31(32)29-14-6-5-7-15-29/h5-9,14-17,30H,10-13,18-28H2,1-4H3,(H,37,41)(H,38,42)/t30-/m1/s1. The molecule has 2 aromatic carbocycles. The molecule has 4 rings (SSSR count). The number of piperidine rings is 1. The lowest BCUT2D eigenvalue weighted by Crippen LogP contribution is -2.46. The van der Waals surface area contributed by atoms with Gasteiger partial charge in [-0.2, -0.15) is 0 Å². The number of benzene rings is 2. The molecule has 248 valence electrons. The Morgan fingerprint density at radius 3 is 2.18 bits per heavy atom. The highest BCUT2D eigenvalue weighted by atomic mass is 16.6. The van der Waals surface area contributed by atoms with Gasteiger partial charge in [-0.05, 0) is 97.4 Å². The number of hydrogen-bond acceptors (Lipinski definition) is 7. The van der Waals surface area contributed by atoms with Crippen molar-refractivity contribution in [2.45, 2.75) is 89.9 Å². The minimum atomic E-state index is -0.466. The molecule has 0 unspecified atom stereocenters. The number of amides is 2. The van der Waals surface area contributed by atoms with Crippen molar-refractivity contribution >= 4 is 17.9 Å². The van der Waals surface area contributed by atoms with Crippen LogP contribution < -0.4 is 10.6 Å². The number of nitrogens with one attached hydrogen (secondary N) is 2. The predicted molar refractivity (Wildman–Crippen MR) is 180 cm³/mol. The van der Waals surface area contributed by atoms with Gasteiger partial charge in [-0.1, -0.05) is 48.5 Å². The minimum absolute atomic E-state index is 0.171. The number of nitrogens with zero attached hydrogens (tertiary/aromatic N) is 2. The van der Waals surface area contributed by atoms with E-state index in [1.165, 1.54) is 0 Å². The fraction of sp³-hybridized carbons (Fsp3) is 0.611. The quantitative estimate of drug-likeness (QED) is 0.221. The number of unbranched alkanes of at least 4 members (excludes halogenated alkanes) is 2. The summed E-state index contributed by atoms with van der Waals surface area (Å²) >= 11 is 0. The van der Waals surface area contributed by atoms with Crippen LogP contribution in [0.1, 0.15) is 72.6 Å². The van der Waals surface area contributed by atoms with Crippen LogP contribution in [0.25, 0.3) is 11.1 Å². The summed E-state index contributed by atoms with van der Waals surface area (Å²) in [6.07, 6.45) is 6.22. The number of likely N-dealkylation sites (tertiary alicyclic amines) is 2. The number of hydrogen-bond donors (Lipinski definition) is 2. The number of para-hydroxylation sites is 1. The van der Waals surface area contributed by atoms with E-state index in [1.807, 2.05) is 82.3 Å². The molecule has 0 bridgehead atoms. The van der Waals surface area contributed by atoms with Gasteiger partial charge < -0.3 is 29.3 Å². The third-order valence-corrected chi connectivity index (χ3v) is 8.52. The first-order valence-electron chi connectivity index (χ1n) is 16.7. The average Bonchev–Trinajstić information content (AvgIpc) is 3.43. The molecule has 0 aromatic heterocycles. The van der Waals surface area contributed by atoms with Crippen molar-refractivity contribution in [3.05, 3.63) is 54.6 Å². The van der Waals surface area contributed by atoms with Crippen LogP contribution in [0.3, 0.4) is 0 Å². The van der Waals surface area contributed by atoms with Gasteiger partial charge in [-0.15, -0.1) is 0 Å². The summed E-state index contributed by atoms with van der Waals surface area (Å²) in [5.74, 6) is 0. The van der Waals surface area contributed by atoms with E-state index < -0.39 is 17.3 Å². The molecule has 0 saturated carbocycles. The number of carbonyl (C=O) groups is 2. The van der Waals surface area contributed by atoms with Crippen LogP contribution in [0.5, 0.6) is 0 Å². The van der Waals surface area contributed by atoms with E-state index in [-0.39, 0.29) is 12.1 Å². The van der Waals surface area contributed by atoms with Crippen LogP contribution in [0.15, 0.2) is 54.6 Å². The maximum Gasteiger partial charge on any atom is 0.412 e. The Hall–Kier alpha value is -3.14. The molecule has 2 heterocycles. The van der Waals surface area contributed by atoms with E-state index >= 15 is 0 Å². The van der Waals surface area contributed by atoms with E-state index in [4.69, 9.17) is 14.2 Å². The Morgan fingerprint density at radius 2 is 1.49 bits per heavy atom. The van der Waals surface area contributed by atoms with Crippen LogP contribution >= 0.6 is 0 Å². The van der Waals surface area contributed by atoms with Crippen LogP contribution in [-0.4, -0.2) is 91.7 Å². The van der Waals surface area contributed by atoms with E-state index in [2.05, 4.69) is 20.4 Å². The first-order chi connectivity index (χ1) is 21.6. The van der Waals surface area contributed by atoms with Gasteiger partial charge in [-0.25, -0.2) is 9.59 Å².